The number of hydroxylamine groups is 2. The van der Waals surface area contributed by atoms with Gasteiger partial charge in [-0.1, -0.05) is 12.7 Å². The van der Waals surface area contributed by atoms with E-state index < -0.39 is 29.6 Å². The van der Waals surface area contributed by atoms with Crippen molar-refractivity contribution in [1.29, 1.82) is 0 Å². The van der Waals surface area contributed by atoms with E-state index in [9.17, 15) is 29.4 Å². The lowest BCUT2D eigenvalue weighted by atomic mass is 10.2. The highest BCUT2D eigenvalue weighted by Gasteiger charge is 2.17. The topological polar surface area (TPSA) is 135 Å². The molecule has 0 aliphatic rings. The number of allylic oxidation sites excluding steroid dienone is 1. The third kappa shape index (κ3) is 6.16. The lowest BCUT2D eigenvalue weighted by Crippen LogP contribution is -2.30. The van der Waals surface area contributed by atoms with Crippen LogP contribution in [0.3, 0.4) is 0 Å². The molecule has 150 valence electrons. The van der Waals surface area contributed by atoms with Crippen LogP contribution in [0.4, 0.5) is 0 Å². The predicted octanol–water partition coefficient (Wildman–Crippen LogP) is 0.809. The Morgan fingerprint density at radius 1 is 1.18 bits per heavy atom. The number of aromatic hydroxyl groups is 2. The van der Waals surface area contributed by atoms with E-state index >= 15 is 0 Å². The average Bonchev–Trinajstić information content (AvgIpc) is 2.98. The summed E-state index contributed by atoms with van der Waals surface area (Å²) in [6.45, 7) is 5.00. The highest BCUT2D eigenvalue weighted by Crippen LogP contribution is 2.19. The number of hydrogen-bond donors (Lipinski definition) is 2. The molecule has 1 amide bonds. The van der Waals surface area contributed by atoms with Crippen molar-refractivity contribution in [3.05, 3.63) is 48.1 Å². The van der Waals surface area contributed by atoms with E-state index in [1.165, 1.54) is 26.1 Å². The van der Waals surface area contributed by atoms with Crippen LogP contribution in [0.1, 0.15) is 19.8 Å². The lowest BCUT2D eigenvalue weighted by Gasteiger charge is -2.15. The van der Waals surface area contributed by atoms with E-state index in [1.807, 2.05) is 0 Å². The highest BCUT2D eigenvalue weighted by atomic mass is 16.7. The second-order valence-corrected chi connectivity index (χ2v) is 5.30. The molecule has 0 atom stereocenters. The first-order valence-electron chi connectivity index (χ1n) is 7.99. The molecule has 0 fully saturated rings. The molecule has 0 bridgehead atoms. The molecule has 2 N–H and O–H groups in total. The van der Waals surface area contributed by atoms with Crippen molar-refractivity contribution in [2.75, 3.05) is 7.05 Å². The number of amides is 1. The first-order valence-corrected chi connectivity index (χ1v) is 7.99. The van der Waals surface area contributed by atoms with Gasteiger partial charge in [-0.3, -0.25) is 4.79 Å². The Labute approximate surface area is 160 Å². The maximum absolute atomic E-state index is 12.1. The predicted molar refractivity (Wildman–Crippen MR) is 95.5 cm³/mol. The highest BCUT2D eigenvalue weighted by molar-refractivity contribution is 5.95. The van der Waals surface area contributed by atoms with Gasteiger partial charge in [-0.25, -0.2) is 9.59 Å². The van der Waals surface area contributed by atoms with Crippen LogP contribution in [-0.4, -0.2) is 51.2 Å². The Balaban J connectivity index is 2.69. The van der Waals surface area contributed by atoms with Crippen LogP contribution in [0, 0.1) is 0 Å². The fraction of sp³-hybridized carbons (Fsp3) is 0.222. The first-order chi connectivity index (χ1) is 13.2. The van der Waals surface area contributed by atoms with Crippen LogP contribution in [0.5, 0.6) is 11.8 Å². The van der Waals surface area contributed by atoms with Crippen molar-refractivity contribution >= 4 is 24.1 Å². The van der Waals surface area contributed by atoms with Gasteiger partial charge in [-0.2, -0.15) is 5.06 Å². The van der Waals surface area contributed by atoms with Gasteiger partial charge in [0.15, 0.2) is 0 Å². The Bertz CT molecular complexity index is 815. The standard InChI is InChI=1S/C18H20N2O8/c1-4-13(18(26)28-20-15(23)9-10-16(20)24)8-7-12(2)17(25)27-19(3)14(22)6-5-11-21/h4,7-11,23-24H,2,5-6H2,1,3H3. The molecule has 0 unspecified atom stereocenters. The van der Waals surface area contributed by atoms with Crippen molar-refractivity contribution in [3.63, 3.8) is 0 Å². The van der Waals surface area contributed by atoms with Gasteiger partial charge < -0.3 is 24.7 Å². The Kier molecular flexibility index (Phi) is 8.22. The largest absolute Gasteiger partial charge is 0.492 e. The quantitative estimate of drug-likeness (QED) is 0.287. The van der Waals surface area contributed by atoms with Crippen LogP contribution >= 0.6 is 0 Å². The molecule has 0 saturated heterocycles. The normalized spacial score (nSPS) is 11.1. The van der Waals surface area contributed by atoms with Crippen LogP contribution in [0.25, 0.3) is 0 Å². The molecule has 1 rings (SSSR count). The maximum atomic E-state index is 12.1. The minimum atomic E-state index is -0.942. The van der Waals surface area contributed by atoms with Crippen molar-refractivity contribution in [2.45, 2.75) is 19.8 Å². The first kappa shape index (κ1) is 22.2. The summed E-state index contributed by atoms with van der Waals surface area (Å²) in [7, 11) is 1.22. The van der Waals surface area contributed by atoms with Crippen molar-refractivity contribution in [2.24, 2.45) is 0 Å². The molecular formula is C18H20N2O8. The molecule has 0 aromatic carbocycles. The summed E-state index contributed by atoms with van der Waals surface area (Å²) < 4.78 is 0.517. The molecule has 0 saturated carbocycles. The summed E-state index contributed by atoms with van der Waals surface area (Å²) in [4.78, 5) is 55.5. The molecular weight excluding hydrogens is 372 g/mol. The van der Waals surface area contributed by atoms with E-state index in [-0.39, 0.29) is 24.0 Å². The Morgan fingerprint density at radius 3 is 2.32 bits per heavy atom. The number of rotatable bonds is 8. The smallest absolute Gasteiger partial charge is 0.363 e. The number of aldehydes is 1. The number of aromatic nitrogens is 1. The van der Waals surface area contributed by atoms with Crippen molar-refractivity contribution < 1.29 is 39.1 Å². The minimum Gasteiger partial charge on any atom is -0.492 e. The molecule has 0 aliphatic carbocycles. The fourth-order valence-electron chi connectivity index (χ4n) is 1.75. The monoisotopic (exact) mass is 392 g/mol. The van der Waals surface area contributed by atoms with E-state index in [2.05, 4.69) is 6.58 Å². The summed E-state index contributed by atoms with van der Waals surface area (Å²) in [5, 5.41) is 19.6. The number of carbonyl (C=O) groups excluding carboxylic acids is 4. The summed E-state index contributed by atoms with van der Waals surface area (Å²) in [6, 6.07) is 2.25. The molecule has 10 nitrogen and oxygen atoms in total. The van der Waals surface area contributed by atoms with Crippen molar-refractivity contribution in [1.82, 2.24) is 9.79 Å². The van der Waals surface area contributed by atoms with Gasteiger partial charge in [0.25, 0.3) is 5.91 Å². The average molecular weight is 392 g/mol. The zero-order chi connectivity index (χ0) is 21.3. The maximum Gasteiger partial charge on any atom is 0.363 e. The third-order valence-corrected chi connectivity index (χ3v) is 3.29. The second kappa shape index (κ2) is 10.4. The molecule has 1 aromatic heterocycles. The lowest BCUT2D eigenvalue weighted by molar-refractivity contribution is -0.188. The van der Waals surface area contributed by atoms with E-state index in [1.54, 1.807) is 0 Å². The van der Waals surface area contributed by atoms with Crippen LogP contribution in [0.15, 0.2) is 48.1 Å². The van der Waals surface area contributed by atoms with Crippen LogP contribution < -0.4 is 4.84 Å². The van der Waals surface area contributed by atoms with Crippen molar-refractivity contribution in [3.8, 4) is 11.8 Å². The Morgan fingerprint density at radius 2 is 1.79 bits per heavy atom. The molecule has 0 aliphatic heterocycles. The van der Waals surface area contributed by atoms with E-state index in [4.69, 9.17) is 9.68 Å². The number of hydrogen-bond acceptors (Lipinski definition) is 8. The minimum absolute atomic E-state index is 0.000836. The van der Waals surface area contributed by atoms with Gasteiger partial charge in [0.2, 0.25) is 11.8 Å². The van der Waals surface area contributed by atoms with Gasteiger partial charge in [0.1, 0.15) is 6.29 Å². The molecule has 1 aromatic rings. The summed E-state index contributed by atoms with van der Waals surface area (Å²) in [5.74, 6) is -3.41. The third-order valence-electron chi connectivity index (χ3n) is 3.29. The molecule has 1 heterocycles. The molecule has 28 heavy (non-hydrogen) atoms. The SMILES string of the molecule is C=C(C=CC(=CC)C(=O)On1c(O)ccc1O)C(=O)ON(C)C(=O)CCC=O. The molecule has 0 radical (unpaired) electrons. The number of carbonyl (C=O) groups is 4. The zero-order valence-corrected chi connectivity index (χ0v) is 15.3. The van der Waals surface area contributed by atoms with Gasteiger partial charge in [0.05, 0.1) is 11.1 Å². The Hall–Kier alpha value is -3.82. The summed E-state index contributed by atoms with van der Waals surface area (Å²) in [6.07, 6.45) is 4.20. The van der Waals surface area contributed by atoms with Gasteiger partial charge in [0, 0.05) is 32.0 Å². The molecule has 10 heteroatoms. The number of nitrogens with zero attached hydrogens (tertiary/aromatic N) is 2. The van der Waals surface area contributed by atoms with E-state index in [0.29, 0.717) is 16.1 Å². The fourth-order valence-corrected chi connectivity index (χ4v) is 1.75. The zero-order valence-electron chi connectivity index (χ0n) is 15.3. The van der Waals surface area contributed by atoms with Crippen LogP contribution in [-0.2, 0) is 24.0 Å². The summed E-state index contributed by atoms with van der Waals surface area (Å²) in [5.41, 5.74) is -0.189. The van der Waals surface area contributed by atoms with E-state index in [0.717, 1.165) is 18.2 Å². The van der Waals surface area contributed by atoms with Gasteiger partial charge >= 0.3 is 11.9 Å². The molecule has 0 spiro atoms. The second-order valence-electron chi connectivity index (χ2n) is 5.30. The van der Waals surface area contributed by atoms with Crippen LogP contribution in [0.2, 0.25) is 0 Å². The van der Waals surface area contributed by atoms with Gasteiger partial charge in [-0.15, -0.1) is 4.73 Å². The van der Waals surface area contributed by atoms with Gasteiger partial charge in [-0.05, 0) is 19.1 Å². The summed E-state index contributed by atoms with van der Waals surface area (Å²) >= 11 is 0.